The van der Waals surface area contributed by atoms with Crippen LogP contribution in [0, 0.1) is 0 Å². The molecule has 0 saturated heterocycles. The number of nitrogens with zero attached hydrogens (tertiary/aromatic N) is 1. The smallest absolute Gasteiger partial charge is 0.405 e. The van der Waals surface area contributed by atoms with Crippen LogP contribution in [0.25, 0.3) is 0 Å². The second-order valence-electron chi connectivity index (χ2n) is 4.83. The highest BCUT2D eigenvalue weighted by Gasteiger charge is 2.10. The number of anilines is 1. The third-order valence-corrected chi connectivity index (χ3v) is 1.79. The van der Waals surface area contributed by atoms with Crippen LogP contribution in [0.3, 0.4) is 0 Å². The molecule has 4 N–H and O–H groups in total. The first-order chi connectivity index (χ1) is 8.74. The summed E-state index contributed by atoms with van der Waals surface area (Å²) in [7, 11) is 0. The minimum Gasteiger partial charge on any atom is -0.465 e. The topological polar surface area (TPSA) is 105 Å². The maximum absolute atomic E-state index is 9.90. The molecule has 0 saturated carbocycles. The number of nitrogens with two attached hydrogens (primary N) is 1. The summed E-state index contributed by atoms with van der Waals surface area (Å²) in [5.74, 6) is 0. The van der Waals surface area contributed by atoms with Gasteiger partial charge in [0.15, 0.2) is 0 Å². The van der Waals surface area contributed by atoms with Crippen molar-refractivity contribution >= 4 is 17.9 Å². The molecule has 0 radical (unpaired) electrons. The summed E-state index contributed by atoms with van der Waals surface area (Å²) in [5.41, 5.74) is 6.79. The van der Waals surface area contributed by atoms with Gasteiger partial charge in [-0.2, -0.15) is 0 Å². The Labute approximate surface area is 112 Å². The first kappa shape index (κ1) is 16.7. The number of nitrogen functional groups attached to an aromatic ring is 1. The predicted octanol–water partition coefficient (Wildman–Crippen LogP) is 2.16. The van der Waals surface area contributed by atoms with Crippen LogP contribution in [0.1, 0.15) is 26.3 Å². The Hall–Kier alpha value is -2.33. The number of aliphatic imine (C=N–C) groups is 1. The molecule has 6 nitrogen and oxygen atoms in total. The second kappa shape index (κ2) is 7.89. The van der Waals surface area contributed by atoms with Crippen LogP contribution < -0.4 is 11.1 Å². The molecule has 19 heavy (non-hydrogen) atoms. The molecule has 0 aliphatic rings. The van der Waals surface area contributed by atoms with Crippen LogP contribution >= 0.6 is 0 Å². The van der Waals surface area contributed by atoms with Crippen LogP contribution in [0.5, 0.6) is 0 Å². The summed E-state index contributed by atoms with van der Waals surface area (Å²) in [6.45, 7) is 5.76. The van der Waals surface area contributed by atoms with E-state index in [1.165, 1.54) is 6.08 Å². The third-order valence-electron chi connectivity index (χ3n) is 1.79. The minimum absolute atomic E-state index is 0.328. The fourth-order valence-corrected chi connectivity index (χ4v) is 1.07. The Kier molecular flexibility index (Phi) is 6.93. The van der Waals surface area contributed by atoms with Gasteiger partial charge in [-0.15, -0.1) is 0 Å². The summed E-state index contributed by atoms with van der Waals surface area (Å²) in [6.07, 6.45) is 0.500. The van der Waals surface area contributed by atoms with Gasteiger partial charge in [0, 0.05) is 11.2 Å². The van der Waals surface area contributed by atoms with Gasteiger partial charge in [-0.3, -0.25) is 0 Å². The van der Waals surface area contributed by atoms with Crippen molar-refractivity contribution in [3.05, 3.63) is 29.8 Å². The van der Waals surface area contributed by atoms with E-state index in [9.17, 15) is 9.59 Å². The van der Waals surface area contributed by atoms with E-state index >= 15 is 0 Å². The van der Waals surface area contributed by atoms with E-state index in [2.05, 4.69) is 10.3 Å². The van der Waals surface area contributed by atoms with Crippen LogP contribution in [0.2, 0.25) is 0 Å². The van der Waals surface area contributed by atoms with Gasteiger partial charge in [0.25, 0.3) is 0 Å². The van der Waals surface area contributed by atoms with Gasteiger partial charge in [-0.1, -0.05) is 12.1 Å². The van der Waals surface area contributed by atoms with Gasteiger partial charge in [-0.05, 0) is 38.5 Å². The molecule has 0 heterocycles. The summed E-state index contributed by atoms with van der Waals surface area (Å²) in [6, 6.07) is 7.21. The fraction of sp³-hybridized carbons (Fsp3) is 0.385. The first-order valence-corrected chi connectivity index (χ1v) is 5.64. The van der Waals surface area contributed by atoms with E-state index in [4.69, 9.17) is 10.8 Å². The van der Waals surface area contributed by atoms with Crippen LogP contribution in [0.4, 0.5) is 10.5 Å². The van der Waals surface area contributed by atoms with Gasteiger partial charge in [0.2, 0.25) is 6.08 Å². The molecule has 1 aromatic rings. The van der Waals surface area contributed by atoms with E-state index < -0.39 is 6.09 Å². The average molecular weight is 265 g/mol. The highest BCUT2D eigenvalue weighted by atomic mass is 16.4. The van der Waals surface area contributed by atoms with Crippen molar-refractivity contribution in [2.75, 3.05) is 5.73 Å². The number of hydrogen-bond donors (Lipinski definition) is 3. The van der Waals surface area contributed by atoms with E-state index in [-0.39, 0.29) is 5.54 Å². The molecule has 1 amide bonds. The Morgan fingerprint density at radius 3 is 2.21 bits per heavy atom. The zero-order valence-electron chi connectivity index (χ0n) is 11.3. The zero-order chi connectivity index (χ0) is 14.9. The van der Waals surface area contributed by atoms with Crippen molar-refractivity contribution in [1.29, 1.82) is 0 Å². The minimum atomic E-state index is -0.975. The molecule has 1 aromatic carbocycles. The standard InChI is InChI=1S/C8H8N2O.C5H11NO2/c9-8-3-1-7(2-4-8)5-10-6-11;1-5(2,3)6-4(7)8/h1-4H,5,9H2;6H,1-3H3,(H,7,8). The van der Waals surface area contributed by atoms with Crippen LogP contribution in [0.15, 0.2) is 29.3 Å². The van der Waals surface area contributed by atoms with Crippen molar-refractivity contribution in [3.8, 4) is 0 Å². The number of benzene rings is 1. The first-order valence-electron chi connectivity index (χ1n) is 5.64. The van der Waals surface area contributed by atoms with Crippen LogP contribution in [-0.2, 0) is 11.3 Å². The lowest BCUT2D eigenvalue weighted by atomic mass is 10.1. The Morgan fingerprint density at radius 1 is 1.37 bits per heavy atom. The molecular formula is C13H19N3O3. The number of carbonyl (C=O) groups is 1. The predicted molar refractivity (Wildman–Crippen MR) is 73.6 cm³/mol. The molecule has 6 heteroatoms. The molecule has 1 rings (SSSR count). The number of carboxylic acid groups (broad SMARTS) is 1. The molecule has 0 atom stereocenters. The van der Waals surface area contributed by atoms with Crippen molar-refractivity contribution in [2.24, 2.45) is 4.99 Å². The highest BCUT2D eigenvalue weighted by Crippen LogP contribution is 2.05. The summed E-state index contributed by atoms with van der Waals surface area (Å²) >= 11 is 0. The largest absolute Gasteiger partial charge is 0.465 e. The molecular weight excluding hydrogens is 246 g/mol. The fourth-order valence-electron chi connectivity index (χ4n) is 1.07. The van der Waals surface area contributed by atoms with Crippen molar-refractivity contribution < 1.29 is 14.7 Å². The van der Waals surface area contributed by atoms with Crippen molar-refractivity contribution in [1.82, 2.24) is 5.32 Å². The number of amides is 1. The van der Waals surface area contributed by atoms with Gasteiger partial charge in [0.05, 0.1) is 6.54 Å². The van der Waals surface area contributed by atoms with E-state index in [1.807, 2.05) is 12.1 Å². The van der Waals surface area contributed by atoms with E-state index in [0.717, 1.165) is 5.56 Å². The second-order valence-corrected chi connectivity index (χ2v) is 4.83. The monoisotopic (exact) mass is 265 g/mol. The van der Waals surface area contributed by atoms with Crippen molar-refractivity contribution in [2.45, 2.75) is 32.9 Å². The van der Waals surface area contributed by atoms with Crippen LogP contribution in [-0.4, -0.2) is 22.8 Å². The normalized spacial score (nSPS) is 9.63. The van der Waals surface area contributed by atoms with Gasteiger partial charge < -0.3 is 16.2 Å². The number of rotatable bonds is 2. The molecule has 0 spiro atoms. The highest BCUT2D eigenvalue weighted by molar-refractivity contribution is 5.65. The summed E-state index contributed by atoms with van der Waals surface area (Å²) in [4.78, 5) is 23.1. The Bertz CT molecular complexity index is 443. The maximum atomic E-state index is 9.90. The number of carbonyl (C=O) groups excluding carboxylic acids is 1. The zero-order valence-corrected chi connectivity index (χ0v) is 11.3. The molecule has 0 bridgehead atoms. The lowest BCUT2D eigenvalue weighted by Crippen LogP contribution is -2.39. The van der Waals surface area contributed by atoms with E-state index in [1.54, 1.807) is 32.9 Å². The van der Waals surface area contributed by atoms with Gasteiger partial charge in [0.1, 0.15) is 0 Å². The number of isocyanates is 1. The van der Waals surface area contributed by atoms with E-state index in [0.29, 0.717) is 12.2 Å². The van der Waals surface area contributed by atoms with Gasteiger partial charge >= 0.3 is 6.09 Å². The lowest BCUT2D eigenvalue weighted by molar-refractivity contribution is 0.184. The third kappa shape index (κ3) is 10.5. The molecule has 0 unspecified atom stereocenters. The van der Waals surface area contributed by atoms with Gasteiger partial charge in [-0.25, -0.2) is 14.6 Å². The average Bonchev–Trinajstić information content (AvgIpc) is 2.26. The Balaban J connectivity index is 0.000000362. The molecule has 0 aliphatic carbocycles. The Morgan fingerprint density at radius 2 is 1.89 bits per heavy atom. The quantitative estimate of drug-likeness (QED) is 0.433. The van der Waals surface area contributed by atoms with Crippen molar-refractivity contribution in [3.63, 3.8) is 0 Å². The molecule has 0 aliphatic heterocycles. The summed E-state index contributed by atoms with van der Waals surface area (Å²) < 4.78 is 0. The molecule has 0 aromatic heterocycles. The molecule has 104 valence electrons. The number of hydrogen-bond acceptors (Lipinski definition) is 4. The lowest BCUT2D eigenvalue weighted by Gasteiger charge is -2.16. The maximum Gasteiger partial charge on any atom is 0.405 e. The summed E-state index contributed by atoms with van der Waals surface area (Å²) in [5, 5.41) is 10.4. The SMILES string of the molecule is CC(C)(C)NC(=O)O.Nc1ccc(CN=C=O)cc1. The molecule has 0 fully saturated rings. The number of nitrogens with one attached hydrogen (secondary N) is 1.